The molecule has 0 aliphatic carbocycles. The molecule has 1 unspecified atom stereocenters. The van der Waals surface area contributed by atoms with Crippen molar-refractivity contribution < 1.29 is 36.3 Å². The van der Waals surface area contributed by atoms with Crippen LogP contribution in [0.5, 0.6) is 0 Å². The third-order valence-corrected chi connectivity index (χ3v) is 10.0. The highest BCUT2D eigenvalue weighted by atomic mass is 79.9. The fourth-order valence-corrected chi connectivity index (χ4v) is 7.79. The van der Waals surface area contributed by atoms with Crippen molar-refractivity contribution in [2.75, 3.05) is 38.0 Å². The van der Waals surface area contributed by atoms with Gasteiger partial charge in [-0.1, -0.05) is 18.2 Å². The third-order valence-electron chi connectivity index (χ3n) is 6.15. The minimum absolute atomic E-state index is 0.00272. The molecule has 4 rings (SSSR count). The lowest BCUT2D eigenvalue weighted by molar-refractivity contribution is -0.192. The number of fused-ring (bicyclic) bond motifs is 1. The SMILES string of the molecule is CN1CCC(N(C)C(=O)C2CN(S(=O)(=O)c3ccc(Br)s3)c3ccccc32)CC1.O=C(O)C(F)(F)F. The minimum atomic E-state index is -5.08. The smallest absolute Gasteiger partial charge is 0.475 e. The number of piperidine rings is 1. The van der Waals surface area contributed by atoms with E-state index in [2.05, 4.69) is 27.9 Å². The van der Waals surface area contributed by atoms with Crippen molar-refractivity contribution in [3.05, 3.63) is 45.7 Å². The first-order chi connectivity index (χ1) is 16.7. The second-order valence-corrected chi connectivity index (χ2v) is 13.0. The van der Waals surface area contributed by atoms with Crippen LogP contribution in [0.2, 0.25) is 0 Å². The molecule has 2 aromatic rings. The molecule has 14 heteroatoms. The second kappa shape index (κ2) is 11.1. The van der Waals surface area contributed by atoms with Crippen molar-refractivity contribution in [1.82, 2.24) is 9.80 Å². The summed E-state index contributed by atoms with van der Waals surface area (Å²) in [4.78, 5) is 26.4. The van der Waals surface area contributed by atoms with Gasteiger partial charge in [-0.05, 0) is 72.7 Å². The Morgan fingerprint density at radius 1 is 1.14 bits per heavy atom. The number of alkyl halides is 3. The van der Waals surface area contributed by atoms with Gasteiger partial charge in [-0.3, -0.25) is 9.10 Å². The van der Waals surface area contributed by atoms with E-state index in [1.165, 1.54) is 15.6 Å². The van der Waals surface area contributed by atoms with Gasteiger partial charge in [0.15, 0.2) is 0 Å². The molecule has 1 N–H and O–H groups in total. The lowest BCUT2D eigenvalue weighted by Crippen LogP contribution is -2.46. The van der Waals surface area contributed by atoms with E-state index in [1.54, 1.807) is 18.2 Å². The van der Waals surface area contributed by atoms with Crippen molar-refractivity contribution in [3.8, 4) is 0 Å². The van der Waals surface area contributed by atoms with E-state index in [0.717, 1.165) is 35.3 Å². The summed E-state index contributed by atoms with van der Waals surface area (Å²) in [5.74, 6) is -3.24. The van der Waals surface area contributed by atoms with Crippen LogP contribution in [0.3, 0.4) is 0 Å². The Kier molecular flexibility index (Phi) is 8.74. The number of para-hydroxylation sites is 1. The maximum Gasteiger partial charge on any atom is 0.490 e. The molecule has 1 saturated heterocycles. The zero-order valence-corrected chi connectivity index (χ0v) is 22.6. The summed E-state index contributed by atoms with van der Waals surface area (Å²) < 4.78 is 60.7. The number of halogens is 4. The van der Waals surface area contributed by atoms with Gasteiger partial charge in [0.2, 0.25) is 5.91 Å². The van der Waals surface area contributed by atoms with Crippen LogP contribution in [0.1, 0.15) is 24.3 Å². The first-order valence-corrected chi connectivity index (χ1v) is 13.9. The van der Waals surface area contributed by atoms with E-state index >= 15 is 0 Å². The molecule has 3 heterocycles. The van der Waals surface area contributed by atoms with Crippen molar-refractivity contribution in [2.24, 2.45) is 0 Å². The molecule has 0 saturated carbocycles. The van der Waals surface area contributed by atoms with Crippen LogP contribution in [-0.2, 0) is 19.6 Å². The summed E-state index contributed by atoms with van der Waals surface area (Å²) in [6.45, 7) is 2.08. The number of nitrogens with zero attached hydrogens (tertiary/aromatic N) is 3. The van der Waals surface area contributed by atoms with E-state index in [9.17, 15) is 26.4 Å². The predicted molar refractivity (Wildman–Crippen MR) is 133 cm³/mol. The molecule has 0 spiro atoms. The summed E-state index contributed by atoms with van der Waals surface area (Å²) >= 11 is 4.52. The Labute approximate surface area is 219 Å². The van der Waals surface area contributed by atoms with Crippen LogP contribution >= 0.6 is 27.3 Å². The number of carbonyl (C=O) groups excluding carboxylic acids is 1. The number of anilines is 1. The highest BCUT2D eigenvalue weighted by Crippen LogP contribution is 2.42. The van der Waals surface area contributed by atoms with Gasteiger partial charge in [0.25, 0.3) is 10.0 Å². The van der Waals surface area contributed by atoms with Gasteiger partial charge < -0.3 is 14.9 Å². The highest BCUT2D eigenvalue weighted by molar-refractivity contribution is 9.11. The van der Waals surface area contributed by atoms with Crippen molar-refractivity contribution in [3.63, 3.8) is 0 Å². The summed E-state index contributed by atoms with van der Waals surface area (Å²) in [6.07, 6.45) is -3.20. The van der Waals surface area contributed by atoms with Gasteiger partial charge in [0.05, 0.1) is 21.9 Å². The van der Waals surface area contributed by atoms with Crippen LogP contribution in [0.4, 0.5) is 18.9 Å². The predicted octanol–water partition coefficient (Wildman–Crippen LogP) is 3.99. The molecule has 1 fully saturated rings. The van der Waals surface area contributed by atoms with Gasteiger partial charge in [-0.2, -0.15) is 13.2 Å². The molecule has 198 valence electrons. The number of hydrogen-bond acceptors (Lipinski definition) is 6. The summed E-state index contributed by atoms with van der Waals surface area (Å²) in [6, 6.07) is 10.9. The molecule has 0 bridgehead atoms. The monoisotopic (exact) mass is 611 g/mol. The molecule has 1 aromatic carbocycles. The molecule has 8 nitrogen and oxygen atoms in total. The number of amides is 1. The Morgan fingerprint density at radius 2 is 1.72 bits per heavy atom. The Morgan fingerprint density at radius 3 is 2.25 bits per heavy atom. The minimum Gasteiger partial charge on any atom is -0.475 e. The molecule has 1 atom stereocenters. The summed E-state index contributed by atoms with van der Waals surface area (Å²) in [5, 5.41) is 7.12. The Bertz CT molecular complexity index is 1210. The number of hydrogen-bond donors (Lipinski definition) is 1. The first kappa shape index (κ1) is 28.4. The van der Waals surface area contributed by atoms with Crippen LogP contribution in [0.15, 0.2) is 44.4 Å². The van der Waals surface area contributed by atoms with E-state index in [1.807, 2.05) is 30.1 Å². The van der Waals surface area contributed by atoms with Crippen LogP contribution in [0, 0.1) is 0 Å². The normalized spacial score (nSPS) is 18.8. The molecule has 36 heavy (non-hydrogen) atoms. The number of aliphatic carboxylic acids is 1. The van der Waals surface area contributed by atoms with Crippen LogP contribution in [-0.4, -0.2) is 81.1 Å². The lowest BCUT2D eigenvalue weighted by atomic mass is 9.97. The molecular weight excluding hydrogens is 587 g/mol. The van der Waals surface area contributed by atoms with Crippen LogP contribution < -0.4 is 4.31 Å². The summed E-state index contributed by atoms with van der Waals surface area (Å²) in [5.41, 5.74) is 1.39. The Balaban J connectivity index is 0.000000454. The molecule has 1 amide bonds. The van der Waals surface area contributed by atoms with Crippen LogP contribution in [0.25, 0.3) is 0 Å². The first-order valence-electron chi connectivity index (χ1n) is 10.9. The molecular formula is C22H25BrF3N3O5S2. The molecule has 2 aliphatic rings. The fraction of sp³-hybridized carbons (Fsp3) is 0.455. The average molecular weight is 612 g/mol. The maximum atomic E-state index is 13.4. The Hall–Kier alpha value is -2.16. The maximum absolute atomic E-state index is 13.4. The largest absolute Gasteiger partial charge is 0.490 e. The molecule has 2 aliphatic heterocycles. The zero-order chi connectivity index (χ0) is 26.8. The number of benzene rings is 1. The average Bonchev–Trinajstić information content (AvgIpc) is 3.43. The number of carboxylic acids is 1. The third kappa shape index (κ3) is 6.21. The van der Waals surface area contributed by atoms with E-state index < -0.39 is 28.1 Å². The lowest BCUT2D eigenvalue weighted by Gasteiger charge is -2.36. The van der Waals surface area contributed by atoms with Crippen molar-refractivity contribution in [2.45, 2.75) is 35.2 Å². The summed E-state index contributed by atoms with van der Waals surface area (Å²) in [7, 11) is 0.239. The number of likely N-dealkylation sites (N-methyl/N-ethyl adjacent to an activating group) is 1. The number of thiophene rings is 1. The fourth-order valence-electron chi connectivity index (χ4n) is 4.16. The molecule has 0 radical (unpaired) electrons. The number of likely N-dealkylation sites (tertiary alicyclic amines) is 1. The van der Waals surface area contributed by atoms with E-state index in [-0.39, 0.29) is 22.7 Å². The van der Waals surface area contributed by atoms with Crippen molar-refractivity contribution >= 4 is 54.9 Å². The highest BCUT2D eigenvalue weighted by Gasteiger charge is 2.42. The van der Waals surface area contributed by atoms with E-state index in [4.69, 9.17) is 9.90 Å². The number of carbonyl (C=O) groups is 2. The number of sulfonamides is 1. The van der Waals surface area contributed by atoms with Gasteiger partial charge in [0.1, 0.15) is 4.21 Å². The topological polar surface area (TPSA) is 98.2 Å². The van der Waals surface area contributed by atoms with Gasteiger partial charge in [-0.15, -0.1) is 11.3 Å². The van der Waals surface area contributed by atoms with Gasteiger partial charge in [-0.25, -0.2) is 13.2 Å². The van der Waals surface area contributed by atoms with E-state index in [0.29, 0.717) is 5.69 Å². The number of carboxylic acid groups (broad SMARTS) is 1. The number of rotatable bonds is 4. The van der Waals surface area contributed by atoms with Crippen molar-refractivity contribution in [1.29, 1.82) is 0 Å². The second-order valence-electron chi connectivity index (χ2n) is 8.49. The quantitative estimate of drug-likeness (QED) is 0.561. The molecule has 1 aromatic heterocycles. The standard InChI is InChI=1S/C20H24BrN3O3S2.C2HF3O2/c1-22-11-9-14(10-12-22)23(2)20(25)16-13-24(17-6-4-3-5-15(16)17)29(26,27)19-8-7-18(21)28-19;3-2(4,5)1(6)7/h3-8,14,16H,9-13H2,1-2H3;(H,6,7). The van der Waals surface area contributed by atoms with Gasteiger partial charge in [0, 0.05) is 13.1 Å². The zero-order valence-electron chi connectivity index (χ0n) is 19.4. The van der Waals surface area contributed by atoms with Gasteiger partial charge >= 0.3 is 12.1 Å².